The fraction of sp³-hybridized carbons (Fsp3) is 0.762. The van der Waals surface area contributed by atoms with Gasteiger partial charge in [0, 0.05) is 50.8 Å². The van der Waals surface area contributed by atoms with E-state index in [2.05, 4.69) is 19.8 Å². The smallest absolute Gasteiger partial charge is 0.239 e. The Kier molecular flexibility index (Phi) is 4.86. The number of H-pyrrole nitrogens is 1. The highest BCUT2D eigenvalue weighted by atomic mass is 16.5. The van der Waals surface area contributed by atoms with E-state index < -0.39 is 0 Å². The number of carbonyl (C=O) groups excluding carboxylic acids is 2. The predicted molar refractivity (Wildman–Crippen MR) is 106 cm³/mol. The number of rotatable bonds is 3. The molecule has 1 spiro atoms. The largest absolute Gasteiger partial charge is 0.379 e. The molecule has 0 radical (unpaired) electrons. The van der Waals surface area contributed by atoms with Crippen molar-refractivity contribution in [3.8, 4) is 0 Å². The molecule has 1 aliphatic carbocycles. The summed E-state index contributed by atoms with van der Waals surface area (Å²) in [5.41, 5.74) is 1.84. The molecule has 5 rings (SSSR count). The molecule has 1 atom stereocenters. The van der Waals surface area contributed by atoms with Gasteiger partial charge in [-0.3, -0.25) is 14.5 Å². The van der Waals surface area contributed by atoms with Crippen LogP contribution in [0, 0.1) is 5.92 Å². The second kappa shape index (κ2) is 7.40. The van der Waals surface area contributed by atoms with Crippen LogP contribution in [-0.4, -0.2) is 88.5 Å². The fourth-order valence-electron chi connectivity index (χ4n) is 5.34. The minimum Gasteiger partial charge on any atom is -0.379 e. The van der Waals surface area contributed by atoms with Crippen LogP contribution in [0.5, 0.6) is 0 Å². The lowest BCUT2D eigenvalue weighted by Gasteiger charge is -2.51. The van der Waals surface area contributed by atoms with E-state index in [0.29, 0.717) is 32.2 Å². The van der Waals surface area contributed by atoms with Crippen LogP contribution in [0.25, 0.3) is 0 Å². The Morgan fingerprint density at radius 1 is 1.17 bits per heavy atom. The van der Waals surface area contributed by atoms with E-state index in [9.17, 15) is 9.59 Å². The van der Waals surface area contributed by atoms with Gasteiger partial charge in [-0.15, -0.1) is 0 Å². The first kappa shape index (κ1) is 19.1. The summed E-state index contributed by atoms with van der Waals surface area (Å²) < 4.78 is 5.42. The van der Waals surface area contributed by atoms with Gasteiger partial charge in [0.1, 0.15) is 0 Å². The van der Waals surface area contributed by atoms with E-state index in [1.54, 1.807) is 6.33 Å². The number of morpholine rings is 1. The summed E-state index contributed by atoms with van der Waals surface area (Å²) in [6.45, 7) is 7.12. The van der Waals surface area contributed by atoms with Crippen molar-refractivity contribution in [1.29, 1.82) is 0 Å². The summed E-state index contributed by atoms with van der Waals surface area (Å²) in [7, 11) is 0. The van der Waals surface area contributed by atoms with Crippen LogP contribution in [0.3, 0.4) is 0 Å². The van der Waals surface area contributed by atoms with Crippen LogP contribution < -0.4 is 0 Å². The minimum absolute atomic E-state index is 0.121. The number of amides is 2. The molecule has 8 heteroatoms. The van der Waals surface area contributed by atoms with Crippen LogP contribution in [0.4, 0.5) is 0 Å². The third-order valence-electron chi connectivity index (χ3n) is 7.31. The molecular formula is C21H31N5O3. The Hall–Kier alpha value is -1.93. The molecule has 0 unspecified atom stereocenters. The highest BCUT2D eigenvalue weighted by Crippen LogP contribution is 2.45. The molecule has 1 N–H and O–H groups in total. The van der Waals surface area contributed by atoms with Crippen molar-refractivity contribution in [2.45, 2.75) is 50.6 Å². The van der Waals surface area contributed by atoms with Gasteiger partial charge in [0.2, 0.25) is 11.8 Å². The van der Waals surface area contributed by atoms with Crippen molar-refractivity contribution >= 4 is 11.8 Å². The zero-order chi connectivity index (χ0) is 20.0. The zero-order valence-corrected chi connectivity index (χ0v) is 17.2. The molecule has 1 aromatic heterocycles. The van der Waals surface area contributed by atoms with E-state index in [1.807, 2.05) is 11.8 Å². The van der Waals surface area contributed by atoms with Crippen LogP contribution in [0.1, 0.15) is 44.0 Å². The molecule has 0 aromatic carbocycles. The molecule has 1 aromatic rings. The van der Waals surface area contributed by atoms with E-state index >= 15 is 0 Å². The van der Waals surface area contributed by atoms with Gasteiger partial charge in [-0.2, -0.15) is 0 Å². The molecule has 2 amide bonds. The number of nitrogens with zero attached hydrogens (tertiary/aromatic N) is 4. The van der Waals surface area contributed by atoms with Crippen LogP contribution in [0.2, 0.25) is 0 Å². The summed E-state index contributed by atoms with van der Waals surface area (Å²) in [6.07, 6.45) is 6.17. The van der Waals surface area contributed by atoms with Crippen molar-refractivity contribution in [3.05, 3.63) is 17.7 Å². The SMILES string of the molecule is C[C@H](C(=O)N1CCC2(CC1)c1nc[nH]c1CCN2C(=O)C1CC1)N1CCOCC1. The van der Waals surface area contributed by atoms with Crippen molar-refractivity contribution in [2.24, 2.45) is 5.92 Å². The second-order valence-corrected chi connectivity index (χ2v) is 8.93. The third kappa shape index (κ3) is 3.26. The minimum atomic E-state index is -0.355. The topological polar surface area (TPSA) is 81.8 Å². The van der Waals surface area contributed by atoms with Gasteiger partial charge in [0.25, 0.3) is 0 Å². The number of piperidine rings is 1. The summed E-state index contributed by atoms with van der Waals surface area (Å²) in [5, 5.41) is 0. The fourth-order valence-corrected chi connectivity index (χ4v) is 5.34. The summed E-state index contributed by atoms with van der Waals surface area (Å²) >= 11 is 0. The number of imidazole rings is 1. The van der Waals surface area contributed by atoms with E-state index in [4.69, 9.17) is 4.74 Å². The second-order valence-electron chi connectivity index (χ2n) is 8.93. The number of hydrogen-bond acceptors (Lipinski definition) is 5. The van der Waals surface area contributed by atoms with Crippen LogP contribution in [0.15, 0.2) is 6.33 Å². The molecule has 3 aliphatic heterocycles. The first-order valence-corrected chi connectivity index (χ1v) is 11.0. The summed E-state index contributed by atoms with van der Waals surface area (Å²) in [4.78, 5) is 40.5. The van der Waals surface area contributed by atoms with Crippen molar-refractivity contribution < 1.29 is 14.3 Å². The van der Waals surface area contributed by atoms with Gasteiger partial charge >= 0.3 is 0 Å². The lowest BCUT2D eigenvalue weighted by atomic mass is 9.78. The summed E-state index contributed by atoms with van der Waals surface area (Å²) in [6, 6.07) is -0.121. The zero-order valence-electron chi connectivity index (χ0n) is 17.2. The molecule has 29 heavy (non-hydrogen) atoms. The number of aromatic nitrogens is 2. The van der Waals surface area contributed by atoms with Gasteiger partial charge < -0.3 is 19.5 Å². The Bertz CT molecular complexity index is 775. The number of carbonyl (C=O) groups is 2. The third-order valence-corrected chi connectivity index (χ3v) is 7.31. The average molecular weight is 402 g/mol. The van der Waals surface area contributed by atoms with Gasteiger partial charge in [-0.1, -0.05) is 0 Å². The molecule has 0 bridgehead atoms. The van der Waals surface area contributed by atoms with E-state index in [1.165, 1.54) is 0 Å². The van der Waals surface area contributed by atoms with Gasteiger partial charge in [0.15, 0.2) is 0 Å². The van der Waals surface area contributed by atoms with Crippen molar-refractivity contribution in [1.82, 2.24) is 24.7 Å². The molecule has 158 valence electrons. The van der Waals surface area contributed by atoms with E-state index in [0.717, 1.165) is 63.1 Å². The number of fused-ring (bicyclic) bond motifs is 2. The maximum absolute atomic E-state index is 13.1. The number of likely N-dealkylation sites (tertiary alicyclic amines) is 1. The Morgan fingerprint density at radius 3 is 2.59 bits per heavy atom. The first-order chi connectivity index (χ1) is 14.1. The maximum atomic E-state index is 13.1. The van der Waals surface area contributed by atoms with Crippen LogP contribution in [-0.2, 0) is 26.3 Å². The molecule has 4 heterocycles. The maximum Gasteiger partial charge on any atom is 0.239 e. The first-order valence-electron chi connectivity index (χ1n) is 11.0. The summed E-state index contributed by atoms with van der Waals surface area (Å²) in [5.74, 6) is 0.688. The van der Waals surface area contributed by atoms with Crippen molar-refractivity contribution in [2.75, 3.05) is 45.9 Å². The predicted octanol–water partition coefficient (Wildman–Crippen LogP) is 0.743. The Balaban J connectivity index is 1.33. The number of aromatic amines is 1. The van der Waals surface area contributed by atoms with Gasteiger partial charge in [-0.05, 0) is 32.6 Å². The molecule has 3 fully saturated rings. The van der Waals surface area contributed by atoms with E-state index in [-0.39, 0.29) is 23.4 Å². The normalized spacial score (nSPS) is 25.7. The highest BCUT2D eigenvalue weighted by molar-refractivity contribution is 5.83. The van der Waals surface area contributed by atoms with Gasteiger partial charge in [0.05, 0.1) is 36.8 Å². The van der Waals surface area contributed by atoms with Gasteiger partial charge in [-0.25, -0.2) is 4.98 Å². The highest BCUT2D eigenvalue weighted by Gasteiger charge is 2.51. The lowest BCUT2D eigenvalue weighted by molar-refractivity contribution is -0.147. The Labute approximate surface area is 171 Å². The number of hydrogen-bond donors (Lipinski definition) is 1. The Morgan fingerprint density at radius 2 is 1.90 bits per heavy atom. The number of ether oxygens (including phenoxy) is 1. The molecular weight excluding hydrogens is 370 g/mol. The standard InChI is InChI=1S/C21H31N5O3/c1-15(24-10-12-29-13-11-24)19(27)25-8-5-21(6-9-25)18-17(22-14-23-18)4-7-26(21)20(28)16-2-3-16/h14-16H,2-13H2,1H3,(H,22,23)/t15-/m1/s1. The van der Waals surface area contributed by atoms with Crippen LogP contribution >= 0.6 is 0 Å². The molecule has 1 saturated carbocycles. The molecule has 8 nitrogen and oxygen atoms in total. The molecule has 4 aliphatic rings. The number of nitrogens with one attached hydrogen (secondary N) is 1. The average Bonchev–Trinajstić information content (AvgIpc) is 3.50. The molecule has 2 saturated heterocycles. The lowest BCUT2D eigenvalue weighted by Crippen LogP contribution is -2.60. The van der Waals surface area contributed by atoms with Crippen molar-refractivity contribution in [3.63, 3.8) is 0 Å². The monoisotopic (exact) mass is 401 g/mol. The quantitative estimate of drug-likeness (QED) is 0.808.